The summed E-state index contributed by atoms with van der Waals surface area (Å²) in [7, 11) is 3.49. The van der Waals surface area contributed by atoms with Gasteiger partial charge in [-0.05, 0) is 39.5 Å². The fraction of sp³-hybridized carbons (Fsp3) is 0.895. The summed E-state index contributed by atoms with van der Waals surface area (Å²) < 4.78 is 0. The summed E-state index contributed by atoms with van der Waals surface area (Å²) in [5.74, 6) is 0.710. The minimum Gasteiger partial charge on any atom is -0.391 e. The molecule has 7 nitrogen and oxygen atoms in total. The lowest BCUT2D eigenvalue weighted by Gasteiger charge is -2.42. The molecule has 0 radical (unpaired) electrons. The molecule has 1 aliphatic heterocycles. The highest BCUT2D eigenvalue weighted by Crippen LogP contribution is 2.25. The van der Waals surface area contributed by atoms with E-state index in [-0.39, 0.29) is 48.6 Å². The molecule has 1 saturated carbocycles. The zero-order valence-electron chi connectivity index (χ0n) is 17.3. The number of nitrogens with zero attached hydrogens (tertiary/aromatic N) is 3. The molecule has 3 N–H and O–H groups in total. The van der Waals surface area contributed by atoms with Crippen LogP contribution in [0.3, 0.4) is 0 Å². The molecule has 1 aliphatic carbocycles. The van der Waals surface area contributed by atoms with Crippen molar-refractivity contribution in [3.63, 3.8) is 0 Å². The molecule has 8 heteroatoms. The number of aliphatic imine (C=N–C) groups is 1. The topological polar surface area (TPSA) is 80.2 Å². The van der Waals surface area contributed by atoms with Crippen molar-refractivity contribution in [2.75, 3.05) is 33.7 Å². The van der Waals surface area contributed by atoms with Gasteiger partial charge >= 0.3 is 0 Å². The van der Waals surface area contributed by atoms with Crippen LogP contribution in [0, 0.1) is 0 Å². The Morgan fingerprint density at radius 3 is 2.37 bits per heavy atom. The largest absolute Gasteiger partial charge is 0.391 e. The van der Waals surface area contributed by atoms with Gasteiger partial charge in [-0.25, -0.2) is 4.99 Å². The fourth-order valence-corrected chi connectivity index (χ4v) is 3.78. The Balaban J connectivity index is 0.00000364. The van der Waals surface area contributed by atoms with Crippen molar-refractivity contribution in [1.82, 2.24) is 20.4 Å². The van der Waals surface area contributed by atoms with E-state index in [2.05, 4.69) is 34.4 Å². The maximum absolute atomic E-state index is 11.8. The second-order valence-electron chi connectivity index (χ2n) is 8.13. The van der Waals surface area contributed by atoms with Crippen molar-refractivity contribution in [1.29, 1.82) is 0 Å². The number of halogens is 1. The monoisotopic (exact) mass is 495 g/mol. The summed E-state index contributed by atoms with van der Waals surface area (Å²) >= 11 is 0. The third kappa shape index (κ3) is 8.11. The molecule has 0 spiro atoms. The maximum atomic E-state index is 11.8. The molecule has 158 valence electrons. The number of aliphatic hydroxyl groups excluding tert-OH is 1. The number of hydrogen-bond donors (Lipinski definition) is 3. The summed E-state index contributed by atoms with van der Waals surface area (Å²) in [6.45, 7) is 6.30. The van der Waals surface area contributed by atoms with E-state index in [1.165, 1.54) is 6.42 Å². The van der Waals surface area contributed by atoms with Crippen LogP contribution < -0.4 is 10.6 Å². The van der Waals surface area contributed by atoms with Gasteiger partial charge in [0.25, 0.3) is 0 Å². The van der Waals surface area contributed by atoms with Crippen LogP contribution in [0.2, 0.25) is 0 Å². The van der Waals surface area contributed by atoms with Gasteiger partial charge in [0.1, 0.15) is 6.54 Å². The van der Waals surface area contributed by atoms with Crippen LogP contribution in [-0.4, -0.2) is 84.7 Å². The quantitative estimate of drug-likeness (QED) is 0.306. The van der Waals surface area contributed by atoms with Gasteiger partial charge in [0.2, 0.25) is 5.91 Å². The first-order chi connectivity index (χ1) is 12.4. The van der Waals surface area contributed by atoms with E-state index in [1.54, 1.807) is 19.0 Å². The number of guanidine groups is 1. The third-order valence-corrected chi connectivity index (χ3v) is 5.33. The average Bonchev–Trinajstić information content (AvgIpc) is 2.60. The molecule has 2 unspecified atom stereocenters. The molecule has 2 aliphatic rings. The SMILES string of the molecule is CC(C)NC(=NCC(=O)N(C)C)NC1CCN(C2CCCCC2O)CC1.I. The zero-order valence-corrected chi connectivity index (χ0v) is 19.6. The number of piperidine rings is 1. The van der Waals surface area contributed by atoms with Crippen molar-refractivity contribution in [3.8, 4) is 0 Å². The number of rotatable bonds is 5. The van der Waals surface area contributed by atoms with Crippen molar-refractivity contribution in [2.45, 2.75) is 76.6 Å². The van der Waals surface area contributed by atoms with Crippen LogP contribution in [0.15, 0.2) is 4.99 Å². The second kappa shape index (κ2) is 12.1. The van der Waals surface area contributed by atoms with E-state index in [0.717, 1.165) is 45.2 Å². The van der Waals surface area contributed by atoms with Crippen molar-refractivity contribution in [2.24, 2.45) is 4.99 Å². The predicted molar refractivity (Wildman–Crippen MR) is 121 cm³/mol. The molecule has 0 aromatic heterocycles. The van der Waals surface area contributed by atoms with Gasteiger partial charge in [0, 0.05) is 45.3 Å². The van der Waals surface area contributed by atoms with Gasteiger partial charge in [-0.3, -0.25) is 9.69 Å². The van der Waals surface area contributed by atoms with E-state index in [0.29, 0.717) is 18.0 Å². The van der Waals surface area contributed by atoms with Gasteiger partial charge in [-0.15, -0.1) is 24.0 Å². The van der Waals surface area contributed by atoms with Crippen LogP contribution in [0.1, 0.15) is 52.4 Å². The van der Waals surface area contributed by atoms with Gasteiger partial charge < -0.3 is 20.6 Å². The summed E-state index contributed by atoms with van der Waals surface area (Å²) in [5.41, 5.74) is 0. The summed E-state index contributed by atoms with van der Waals surface area (Å²) in [4.78, 5) is 20.3. The van der Waals surface area contributed by atoms with Gasteiger partial charge in [-0.1, -0.05) is 12.8 Å². The number of carbonyl (C=O) groups excluding carboxylic acids is 1. The minimum absolute atomic E-state index is 0. The summed E-state index contributed by atoms with van der Waals surface area (Å²) in [6.07, 6.45) is 6.35. The van der Waals surface area contributed by atoms with Crippen LogP contribution in [0.25, 0.3) is 0 Å². The molecule has 1 amide bonds. The first-order valence-electron chi connectivity index (χ1n) is 10.1. The molecular weight excluding hydrogens is 457 g/mol. The van der Waals surface area contributed by atoms with E-state index < -0.39 is 0 Å². The Labute approximate surface area is 181 Å². The van der Waals surface area contributed by atoms with Crippen molar-refractivity contribution in [3.05, 3.63) is 0 Å². The average molecular weight is 495 g/mol. The fourth-order valence-electron chi connectivity index (χ4n) is 3.78. The lowest BCUT2D eigenvalue weighted by atomic mass is 9.89. The highest BCUT2D eigenvalue weighted by molar-refractivity contribution is 14.0. The molecular formula is C19H38IN5O2. The van der Waals surface area contributed by atoms with Gasteiger partial charge in [-0.2, -0.15) is 0 Å². The zero-order chi connectivity index (χ0) is 19.1. The van der Waals surface area contributed by atoms with E-state index >= 15 is 0 Å². The highest BCUT2D eigenvalue weighted by Gasteiger charge is 2.31. The molecule has 2 fully saturated rings. The Morgan fingerprint density at radius 1 is 1.19 bits per heavy atom. The normalized spacial score (nSPS) is 25.0. The number of nitrogens with one attached hydrogen (secondary N) is 2. The Hall–Kier alpha value is -0.610. The molecule has 0 aromatic carbocycles. The molecule has 2 rings (SSSR count). The lowest BCUT2D eigenvalue weighted by molar-refractivity contribution is -0.127. The molecule has 1 saturated heterocycles. The molecule has 0 aromatic rings. The summed E-state index contributed by atoms with van der Waals surface area (Å²) in [6, 6.07) is 0.948. The smallest absolute Gasteiger partial charge is 0.243 e. The number of amides is 1. The first kappa shape index (κ1) is 24.4. The first-order valence-corrected chi connectivity index (χ1v) is 10.1. The number of hydrogen-bond acceptors (Lipinski definition) is 4. The Bertz CT molecular complexity index is 479. The molecule has 1 heterocycles. The van der Waals surface area contributed by atoms with Crippen LogP contribution in [0.4, 0.5) is 0 Å². The number of likely N-dealkylation sites (tertiary alicyclic amines) is 1. The van der Waals surface area contributed by atoms with E-state index in [9.17, 15) is 9.90 Å². The minimum atomic E-state index is -0.162. The number of likely N-dealkylation sites (N-methyl/N-ethyl adjacent to an activating group) is 1. The van der Waals surface area contributed by atoms with Gasteiger partial charge in [0.05, 0.1) is 6.10 Å². The Kier molecular flexibility index (Phi) is 10.9. The van der Waals surface area contributed by atoms with Gasteiger partial charge in [0.15, 0.2) is 5.96 Å². The van der Waals surface area contributed by atoms with E-state index in [4.69, 9.17) is 0 Å². The van der Waals surface area contributed by atoms with E-state index in [1.807, 2.05) is 0 Å². The number of aliphatic hydroxyl groups is 1. The Morgan fingerprint density at radius 2 is 1.81 bits per heavy atom. The summed E-state index contributed by atoms with van der Waals surface area (Å²) in [5, 5.41) is 17.1. The molecule has 0 bridgehead atoms. The lowest BCUT2D eigenvalue weighted by Crippen LogP contribution is -2.54. The van der Waals surface area contributed by atoms with Crippen LogP contribution in [-0.2, 0) is 4.79 Å². The second-order valence-corrected chi connectivity index (χ2v) is 8.13. The standard InChI is InChI=1S/C19H37N5O2.HI/c1-14(2)21-19(20-13-18(26)23(3)4)22-15-9-11-24(12-10-15)16-7-5-6-8-17(16)25;/h14-17,25H,5-13H2,1-4H3,(H2,20,21,22);1H. The third-order valence-electron chi connectivity index (χ3n) is 5.33. The maximum Gasteiger partial charge on any atom is 0.243 e. The van der Waals surface area contributed by atoms with Crippen LogP contribution in [0.5, 0.6) is 0 Å². The molecule has 2 atom stereocenters. The van der Waals surface area contributed by atoms with Crippen molar-refractivity contribution >= 4 is 35.8 Å². The van der Waals surface area contributed by atoms with Crippen molar-refractivity contribution < 1.29 is 9.90 Å². The predicted octanol–water partition coefficient (Wildman–Crippen LogP) is 1.40. The van der Waals surface area contributed by atoms with Crippen LogP contribution >= 0.6 is 24.0 Å². The molecule has 27 heavy (non-hydrogen) atoms. The number of carbonyl (C=O) groups is 1. The highest BCUT2D eigenvalue weighted by atomic mass is 127.